The van der Waals surface area contributed by atoms with Crippen molar-refractivity contribution in [3.8, 4) is 0 Å². The molecule has 0 N–H and O–H groups in total. The van der Waals surface area contributed by atoms with Crippen LogP contribution in [0.2, 0.25) is 0 Å². The third-order valence-electron chi connectivity index (χ3n) is 11.9. The van der Waals surface area contributed by atoms with Gasteiger partial charge in [-0.25, -0.2) is 0 Å². The molecule has 6 heteroatoms. The Balaban J connectivity index is 4.59. The zero-order chi connectivity index (χ0) is 41.4. The van der Waals surface area contributed by atoms with Crippen molar-refractivity contribution in [3.05, 3.63) is 0 Å². The average molecular weight is 845 g/mol. The molecule has 0 unspecified atom stereocenters. The van der Waals surface area contributed by atoms with Gasteiger partial charge in [-0.15, -0.1) is 0 Å². The lowest BCUT2D eigenvalue weighted by molar-refractivity contribution is 0.0743. The first-order chi connectivity index (χ1) is 27.2. The fourth-order valence-electron chi connectivity index (χ4n) is 8.36. The quantitative estimate of drug-likeness (QED) is 0.0370. The van der Waals surface area contributed by atoms with Crippen molar-refractivity contribution in [2.75, 3.05) is 56.5 Å². The SMILES string of the molecule is CCCCCCCCN(CCCCCC)SCCCCCCCN(CCCCCCCSN(CCCCCC)CCCCCCCC)C(C)(C)CC(C)(C)CS. The van der Waals surface area contributed by atoms with Crippen LogP contribution in [0.1, 0.15) is 254 Å². The van der Waals surface area contributed by atoms with E-state index in [9.17, 15) is 0 Å². The molecule has 0 amide bonds. The molecule has 0 atom stereocenters. The van der Waals surface area contributed by atoms with Crippen LogP contribution in [0.15, 0.2) is 0 Å². The highest BCUT2D eigenvalue weighted by atomic mass is 32.2. The zero-order valence-electron chi connectivity index (χ0n) is 39.9. The van der Waals surface area contributed by atoms with Crippen molar-refractivity contribution >= 4 is 36.5 Å². The Hall–Kier alpha value is 0.930. The van der Waals surface area contributed by atoms with Crippen LogP contribution >= 0.6 is 36.5 Å². The lowest BCUT2D eigenvalue weighted by atomic mass is 9.80. The smallest absolute Gasteiger partial charge is 0.0158 e. The number of hydrogen-bond acceptors (Lipinski definition) is 6. The molecule has 0 radical (unpaired) electrons. The second-order valence-corrected chi connectivity index (χ2v) is 21.7. The number of thiol groups is 1. The van der Waals surface area contributed by atoms with Crippen molar-refractivity contribution in [1.29, 1.82) is 0 Å². The molecule has 3 nitrogen and oxygen atoms in total. The molecular weight excluding hydrogens is 739 g/mol. The van der Waals surface area contributed by atoms with E-state index in [1.165, 1.54) is 250 Å². The summed E-state index contributed by atoms with van der Waals surface area (Å²) in [4.78, 5) is 2.88. The molecule has 0 fully saturated rings. The molecule has 0 aliphatic heterocycles. The van der Waals surface area contributed by atoms with Gasteiger partial charge in [0.15, 0.2) is 0 Å². The minimum atomic E-state index is 0.229. The molecule has 0 aromatic carbocycles. The molecule has 0 aliphatic rings. The average Bonchev–Trinajstić information content (AvgIpc) is 3.17. The fraction of sp³-hybridized carbons (Fsp3) is 1.00. The maximum absolute atomic E-state index is 4.75. The predicted molar refractivity (Wildman–Crippen MR) is 267 cm³/mol. The summed E-state index contributed by atoms with van der Waals surface area (Å²) in [7, 11) is 0. The van der Waals surface area contributed by atoms with Gasteiger partial charge in [0, 0.05) is 43.2 Å². The van der Waals surface area contributed by atoms with Gasteiger partial charge >= 0.3 is 0 Å². The monoisotopic (exact) mass is 844 g/mol. The molecule has 0 rings (SSSR count). The van der Waals surface area contributed by atoms with Crippen molar-refractivity contribution in [1.82, 2.24) is 13.5 Å². The molecule has 338 valence electrons. The van der Waals surface area contributed by atoms with Crippen LogP contribution in [0.3, 0.4) is 0 Å². The molecule has 0 aromatic heterocycles. The Morgan fingerprint density at radius 3 is 0.946 bits per heavy atom. The molecule has 0 bridgehead atoms. The number of unbranched alkanes of at least 4 members (excludes halogenated alkanes) is 24. The summed E-state index contributed by atoms with van der Waals surface area (Å²) in [5.41, 5.74) is 0.505. The van der Waals surface area contributed by atoms with Gasteiger partial charge in [0.1, 0.15) is 0 Å². The number of nitrogens with zero attached hydrogens (tertiary/aromatic N) is 3. The summed E-state index contributed by atoms with van der Waals surface area (Å²) < 4.78 is 5.48. The van der Waals surface area contributed by atoms with Crippen LogP contribution in [-0.2, 0) is 0 Å². The maximum atomic E-state index is 4.75. The third-order valence-corrected chi connectivity index (χ3v) is 15.2. The first kappa shape index (κ1) is 56.9. The molecule has 56 heavy (non-hydrogen) atoms. The molecule has 0 saturated carbocycles. The van der Waals surface area contributed by atoms with Gasteiger partial charge in [-0.3, -0.25) is 13.5 Å². The van der Waals surface area contributed by atoms with E-state index in [0.29, 0.717) is 0 Å². The summed E-state index contributed by atoms with van der Waals surface area (Å²) in [6.45, 7) is 26.9. The largest absolute Gasteiger partial charge is 0.298 e. The van der Waals surface area contributed by atoms with Crippen LogP contribution < -0.4 is 0 Å². The van der Waals surface area contributed by atoms with E-state index in [-0.39, 0.29) is 11.0 Å². The summed E-state index contributed by atoms with van der Waals surface area (Å²) in [5.74, 6) is 3.60. The Morgan fingerprint density at radius 1 is 0.357 bits per heavy atom. The highest BCUT2D eigenvalue weighted by Crippen LogP contribution is 2.33. The molecule has 0 aromatic rings. The summed E-state index contributed by atoms with van der Waals surface area (Å²) in [5, 5.41) is 0. The lowest BCUT2D eigenvalue weighted by Crippen LogP contribution is -2.48. The van der Waals surface area contributed by atoms with Gasteiger partial charge < -0.3 is 0 Å². The standard InChI is InChI=1S/C50H105N3S3/c1-9-13-17-21-27-35-43-52(41-33-19-15-11-3)55-45-37-29-23-25-31-39-51(50(7,8)47-49(5,6)48-54)40-32-26-24-30-38-46-56-53(42-34-20-16-12-4)44-36-28-22-18-14-10-2/h54H,9-48H2,1-8H3. The van der Waals surface area contributed by atoms with E-state index in [1.54, 1.807) is 0 Å². The Kier molecular flexibility index (Phi) is 42.0. The minimum absolute atomic E-state index is 0.229. The van der Waals surface area contributed by atoms with Gasteiger partial charge in [0.25, 0.3) is 0 Å². The van der Waals surface area contributed by atoms with E-state index < -0.39 is 0 Å². The second kappa shape index (κ2) is 41.3. The predicted octanol–water partition coefficient (Wildman–Crippen LogP) is 17.1. The normalized spacial score (nSPS) is 12.6. The van der Waals surface area contributed by atoms with E-state index in [1.807, 2.05) is 0 Å². The lowest BCUT2D eigenvalue weighted by Gasteiger charge is -2.43. The minimum Gasteiger partial charge on any atom is -0.298 e. The summed E-state index contributed by atoms with van der Waals surface area (Å²) >= 11 is 9.09. The molecule has 0 aliphatic carbocycles. The first-order valence-electron chi connectivity index (χ1n) is 25.3. The molecular formula is C50H105N3S3. The van der Waals surface area contributed by atoms with Gasteiger partial charge in [0.05, 0.1) is 0 Å². The number of hydrogen-bond donors (Lipinski definition) is 1. The molecule has 0 heterocycles. The van der Waals surface area contributed by atoms with Gasteiger partial charge in [-0.1, -0.05) is 207 Å². The topological polar surface area (TPSA) is 9.72 Å². The van der Waals surface area contributed by atoms with Crippen molar-refractivity contribution in [2.24, 2.45) is 5.41 Å². The van der Waals surface area contributed by atoms with Crippen molar-refractivity contribution < 1.29 is 0 Å². The fourth-order valence-corrected chi connectivity index (χ4v) is 10.7. The third kappa shape index (κ3) is 36.8. The Bertz CT molecular complexity index is 731. The second-order valence-electron chi connectivity index (χ2n) is 19.0. The van der Waals surface area contributed by atoms with E-state index >= 15 is 0 Å². The van der Waals surface area contributed by atoms with Gasteiger partial charge in [-0.05, 0) is 95.9 Å². The highest BCUT2D eigenvalue weighted by Gasteiger charge is 2.32. The van der Waals surface area contributed by atoms with E-state index in [4.69, 9.17) is 12.6 Å². The molecule has 0 saturated heterocycles. The van der Waals surface area contributed by atoms with Crippen molar-refractivity contribution in [2.45, 2.75) is 260 Å². The van der Waals surface area contributed by atoms with Crippen molar-refractivity contribution in [3.63, 3.8) is 0 Å². The van der Waals surface area contributed by atoms with Crippen LogP contribution in [0.4, 0.5) is 0 Å². The Morgan fingerprint density at radius 2 is 0.625 bits per heavy atom. The number of rotatable bonds is 46. The van der Waals surface area contributed by atoms with E-state index in [0.717, 1.165) is 5.75 Å². The van der Waals surface area contributed by atoms with E-state index in [2.05, 4.69) is 92.8 Å². The molecule has 0 spiro atoms. The van der Waals surface area contributed by atoms with Gasteiger partial charge in [0.2, 0.25) is 0 Å². The van der Waals surface area contributed by atoms with Crippen LogP contribution in [0.25, 0.3) is 0 Å². The first-order valence-corrected chi connectivity index (χ1v) is 27.8. The summed E-state index contributed by atoms with van der Waals surface area (Å²) in [6.07, 6.45) is 43.0. The van der Waals surface area contributed by atoms with Crippen LogP contribution in [-0.4, -0.2) is 75.6 Å². The summed E-state index contributed by atoms with van der Waals surface area (Å²) in [6, 6.07) is 0. The van der Waals surface area contributed by atoms with Crippen LogP contribution in [0, 0.1) is 5.41 Å². The Labute approximate surface area is 370 Å². The maximum Gasteiger partial charge on any atom is 0.0158 e. The highest BCUT2D eigenvalue weighted by molar-refractivity contribution is 7.97. The van der Waals surface area contributed by atoms with Gasteiger partial charge in [-0.2, -0.15) is 12.6 Å². The zero-order valence-corrected chi connectivity index (χ0v) is 42.4. The van der Waals surface area contributed by atoms with Crippen LogP contribution in [0.5, 0.6) is 0 Å².